The highest BCUT2D eigenvalue weighted by molar-refractivity contribution is 7.81. The molecule has 6 heteroatoms. The summed E-state index contributed by atoms with van der Waals surface area (Å²) in [5.74, 6) is 0.331. The molecule has 142 valence electrons. The number of carbonyl (C=O) groups is 2. The Morgan fingerprint density at radius 2 is 2.07 bits per heavy atom. The van der Waals surface area contributed by atoms with Gasteiger partial charge in [0.15, 0.2) is 0 Å². The van der Waals surface area contributed by atoms with E-state index in [0.29, 0.717) is 12.2 Å². The molecule has 1 aromatic carbocycles. The van der Waals surface area contributed by atoms with Crippen molar-refractivity contribution in [1.29, 1.82) is 0 Å². The van der Waals surface area contributed by atoms with Crippen LogP contribution in [-0.4, -0.2) is 23.5 Å². The zero-order chi connectivity index (χ0) is 19.2. The minimum atomic E-state index is -0.482. The summed E-state index contributed by atoms with van der Waals surface area (Å²) < 4.78 is 5.72. The molecule has 5 nitrogen and oxygen atoms in total. The number of furan rings is 1. The first-order valence-electron chi connectivity index (χ1n) is 9.26. The second-order valence-electron chi connectivity index (χ2n) is 8.19. The molecule has 1 aliphatic carbocycles. The zero-order valence-electron chi connectivity index (χ0n) is 15.5. The Bertz CT molecular complexity index is 862. The molecule has 0 radical (unpaired) electrons. The van der Waals surface area contributed by atoms with Crippen LogP contribution in [-0.2, 0) is 9.59 Å². The summed E-state index contributed by atoms with van der Waals surface area (Å²) in [4.78, 5) is 27.9. The van der Waals surface area contributed by atoms with Gasteiger partial charge in [0.1, 0.15) is 17.6 Å². The Morgan fingerprint density at radius 3 is 2.78 bits per heavy atom. The summed E-state index contributed by atoms with van der Waals surface area (Å²) in [6.45, 7) is 4.25. The number of amides is 1. The summed E-state index contributed by atoms with van der Waals surface area (Å²) >= 11 is 4.23. The van der Waals surface area contributed by atoms with E-state index < -0.39 is 6.04 Å². The van der Waals surface area contributed by atoms with Crippen molar-refractivity contribution in [1.82, 2.24) is 0 Å². The molecule has 1 saturated carbocycles. The average Bonchev–Trinajstić information content (AvgIpc) is 3.09. The van der Waals surface area contributed by atoms with Gasteiger partial charge in [-0.25, -0.2) is 0 Å². The van der Waals surface area contributed by atoms with Crippen LogP contribution in [0, 0.1) is 11.3 Å². The monoisotopic (exact) mass is 384 g/mol. The zero-order valence-corrected chi connectivity index (χ0v) is 16.4. The number of Topliss-reactive ketones (excluding diaryl/α,β-unsaturated/α-hetero) is 1. The highest BCUT2D eigenvalue weighted by Gasteiger charge is 2.50. The fraction of sp³-hybridized carbons (Fsp3) is 0.429. The number of ketones is 1. The Labute approximate surface area is 164 Å². The molecular weight excluding hydrogens is 360 g/mol. The molecule has 1 N–H and O–H groups in total. The van der Waals surface area contributed by atoms with Crippen LogP contribution in [0.15, 0.2) is 47.1 Å². The fourth-order valence-electron chi connectivity index (χ4n) is 4.59. The van der Waals surface area contributed by atoms with E-state index in [1.54, 1.807) is 17.2 Å². The third-order valence-electron chi connectivity index (χ3n) is 5.59. The van der Waals surface area contributed by atoms with E-state index in [2.05, 4.69) is 31.8 Å². The van der Waals surface area contributed by atoms with Gasteiger partial charge < -0.3 is 9.73 Å². The van der Waals surface area contributed by atoms with Crippen molar-refractivity contribution >= 4 is 35.7 Å². The van der Waals surface area contributed by atoms with Crippen LogP contribution in [0.5, 0.6) is 0 Å². The SMILES string of the molecule is CC1(C)CC(=O)C2C(C1)Nc1ccccc1N(C(=O)CS)C2c1ccco1. The third-order valence-corrected chi connectivity index (χ3v) is 5.86. The van der Waals surface area contributed by atoms with Crippen LogP contribution < -0.4 is 10.2 Å². The minimum Gasteiger partial charge on any atom is -0.467 e. The number of fused-ring (bicyclic) bond motifs is 2. The first-order chi connectivity index (χ1) is 12.9. The maximum absolute atomic E-state index is 13.3. The van der Waals surface area contributed by atoms with E-state index in [-0.39, 0.29) is 34.8 Å². The van der Waals surface area contributed by atoms with Gasteiger partial charge in [0.25, 0.3) is 0 Å². The summed E-state index contributed by atoms with van der Waals surface area (Å²) in [5.41, 5.74) is 1.54. The molecule has 2 heterocycles. The van der Waals surface area contributed by atoms with Gasteiger partial charge in [-0.05, 0) is 36.1 Å². The molecule has 4 rings (SSSR count). The number of hydrogen-bond acceptors (Lipinski definition) is 5. The molecule has 2 aromatic rings. The molecule has 1 amide bonds. The Balaban J connectivity index is 1.92. The molecule has 0 spiro atoms. The smallest absolute Gasteiger partial charge is 0.237 e. The molecule has 0 saturated heterocycles. The van der Waals surface area contributed by atoms with Crippen LogP contribution >= 0.6 is 12.6 Å². The number of anilines is 2. The lowest BCUT2D eigenvalue weighted by atomic mass is 9.67. The van der Waals surface area contributed by atoms with Gasteiger partial charge in [-0.1, -0.05) is 26.0 Å². The van der Waals surface area contributed by atoms with Crippen molar-refractivity contribution in [3.8, 4) is 0 Å². The predicted molar refractivity (Wildman–Crippen MR) is 108 cm³/mol. The number of hydrogen-bond donors (Lipinski definition) is 2. The van der Waals surface area contributed by atoms with E-state index in [4.69, 9.17) is 4.42 Å². The molecule has 27 heavy (non-hydrogen) atoms. The minimum absolute atomic E-state index is 0.0581. The standard InChI is InChI=1S/C21H24N2O3S/c1-21(2)10-14-19(16(24)11-21)20(17-8-5-9-26-17)23(18(25)12-27)15-7-4-3-6-13(15)22-14/h3-9,14,19-20,22,27H,10-12H2,1-2H3. The van der Waals surface area contributed by atoms with Crippen molar-refractivity contribution < 1.29 is 14.0 Å². The van der Waals surface area contributed by atoms with E-state index >= 15 is 0 Å². The quantitative estimate of drug-likeness (QED) is 0.766. The molecule has 1 fully saturated rings. The Hall–Kier alpha value is -2.21. The number of nitrogens with one attached hydrogen (secondary N) is 1. The molecule has 3 unspecified atom stereocenters. The van der Waals surface area contributed by atoms with Crippen molar-refractivity contribution in [2.24, 2.45) is 11.3 Å². The topological polar surface area (TPSA) is 62.6 Å². The highest BCUT2D eigenvalue weighted by Crippen LogP contribution is 2.49. The molecule has 3 atom stereocenters. The Kier molecular flexibility index (Phi) is 4.54. The van der Waals surface area contributed by atoms with E-state index in [9.17, 15) is 9.59 Å². The maximum atomic E-state index is 13.3. The first kappa shape index (κ1) is 18.2. The van der Waals surface area contributed by atoms with Crippen molar-refractivity contribution in [3.63, 3.8) is 0 Å². The second kappa shape index (κ2) is 6.75. The molecule has 1 aromatic heterocycles. The van der Waals surface area contributed by atoms with Gasteiger partial charge in [-0.2, -0.15) is 12.6 Å². The summed E-state index contributed by atoms with van der Waals surface area (Å²) in [5, 5.41) is 3.57. The summed E-state index contributed by atoms with van der Waals surface area (Å²) in [7, 11) is 0. The number of rotatable bonds is 2. The first-order valence-corrected chi connectivity index (χ1v) is 9.89. The van der Waals surface area contributed by atoms with Crippen molar-refractivity contribution in [3.05, 3.63) is 48.4 Å². The van der Waals surface area contributed by atoms with Gasteiger partial charge in [0, 0.05) is 12.5 Å². The number of para-hydroxylation sites is 2. The van der Waals surface area contributed by atoms with Gasteiger partial charge in [-0.3, -0.25) is 14.5 Å². The summed E-state index contributed by atoms with van der Waals surface area (Å²) in [6.07, 6.45) is 2.93. The van der Waals surface area contributed by atoms with Crippen LogP contribution in [0.3, 0.4) is 0 Å². The van der Waals surface area contributed by atoms with E-state index in [1.807, 2.05) is 30.3 Å². The van der Waals surface area contributed by atoms with Gasteiger partial charge in [0.2, 0.25) is 5.91 Å². The number of carbonyl (C=O) groups excluding carboxylic acids is 2. The van der Waals surface area contributed by atoms with Crippen LogP contribution in [0.2, 0.25) is 0 Å². The third kappa shape index (κ3) is 3.16. The molecular formula is C21H24N2O3S. The Morgan fingerprint density at radius 1 is 1.30 bits per heavy atom. The maximum Gasteiger partial charge on any atom is 0.237 e. The van der Waals surface area contributed by atoms with Crippen LogP contribution in [0.25, 0.3) is 0 Å². The average molecular weight is 385 g/mol. The molecule has 0 bridgehead atoms. The van der Waals surface area contributed by atoms with Gasteiger partial charge >= 0.3 is 0 Å². The highest BCUT2D eigenvalue weighted by atomic mass is 32.1. The number of nitrogens with zero attached hydrogens (tertiary/aromatic N) is 1. The fourth-order valence-corrected chi connectivity index (χ4v) is 4.74. The van der Waals surface area contributed by atoms with Crippen LogP contribution in [0.1, 0.15) is 38.5 Å². The van der Waals surface area contributed by atoms with Crippen molar-refractivity contribution in [2.45, 2.75) is 38.8 Å². The normalized spacial score (nSPS) is 26.6. The summed E-state index contributed by atoms with van der Waals surface area (Å²) in [6, 6.07) is 10.8. The molecule has 2 aliphatic rings. The number of benzene rings is 1. The van der Waals surface area contributed by atoms with Gasteiger partial charge in [0.05, 0.1) is 29.3 Å². The predicted octanol–water partition coefficient (Wildman–Crippen LogP) is 4.08. The van der Waals surface area contributed by atoms with Crippen molar-refractivity contribution in [2.75, 3.05) is 16.0 Å². The van der Waals surface area contributed by atoms with Gasteiger partial charge in [-0.15, -0.1) is 0 Å². The van der Waals surface area contributed by atoms with Crippen LogP contribution in [0.4, 0.5) is 11.4 Å². The second-order valence-corrected chi connectivity index (χ2v) is 8.50. The largest absolute Gasteiger partial charge is 0.467 e. The van der Waals surface area contributed by atoms with E-state index in [1.165, 1.54) is 0 Å². The van der Waals surface area contributed by atoms with E-state index in [0.717, 1.165) is 17.8 Å². The lowest BCUT2D eigenvalue weighted by Gasteiger charge is -2.43. The number of thiol groups is 1. The lowest BCUT2D eigenvalue weighted by molar-refractivity contribution is -0.129. The molecule has 1 aliphatic heterocycles. The lowest BCUT2D eigenvalue weighted by Crippen LogP contribution is -2.50.